The standard InChI is InChI=1S/C16H16F3N3O5/c17-16(18,19)9-1-2-12-11(3-9)21-13-6-26-5-10(22(12)13)4-20-14(23)7-27-8-15(24)25/h1-3,10H,4-8H2,(H,20,23)(H,24,25). The summed E-state index contributed by atoms with van der Waals surface area (Å²) in [7, 11) is 0. The largest absolute Gasteiger partial charge is 0.480 e. The Morgan fingerprint density at radius 2 is 2.15 bits per heavy atom. The van der Waals surface area contributed by atoms with Crippen molar-refractivity contribution in [1.29, 1.82) is 0 Å². The number of carboxylic acids is 1. The number of alkyl halides is 3. The van der Waals surface area contributed by atoms with Gasteiger partial charge in [0.25, 0.3) is 0 Å². The Bertz CT molecular complexity index is 865. The molecule has 0 bridgehead atoms. The van der Waals surface area contributed by atoms with Gasteiger partial charge in [0, 0.05) is 6.54 Å². The van der Waals surface area contributed by atoms with Gasteiger partial charge in [-0.3, -0.25) is 4.79 Å². The molecule has 0 fully saturated rings. The van der Waals surface area contributed by atoms with E-state index in [-0.39, 0.29) is 31.3 Å². The lowest BCUT2D eigenvalue weighted by molar-refractivity contribution is -0.143. The highest BCUT2D eigenvalue weighted by Gasteiger charge is 2.32. The van der Waals surface area contributed by atoms with Crippen LogP contribution >= 0.6 is 0 Å². The molecule has 146 valence electrons. The van der Waals surface area contributed by atoms with E-state index in [2.05, 4.69) is 10.3 Å². The van der Waals surface area contributed by atoms with E-state index in [4.69, 9.17) is 14.6 Å². The fourth-order valence-corrected chi connectivity index (χ4v) is 2.86. The van der Waals surface area contributed by atoms with Crippen LogP contribution in [-0.2, 0) is 31.8 Å². The molecule has 1 aliphatic rings. The number of halogens is 3. The van der Waals surface area contributed by atoms with Crippen LogP contribution in [0.25, 0.3) is 11.0 Å². The van der Waals surface area contributed by atoms with Gasteiger partial charge in [0.15, 0.2) is 0 Å². The molecule has 0 saturated carbocycles. The molecule has 8 nitrogen and oxygen atoms in total. The SMILES string of the molecule is O=C(O)COCC(=O)NCC1COCc2nc3cc(C(F)(F)F)ccc3n21. The molecule has 2 N–H and O–H groups in total. The highest BCUT2D eigenvalue weighted by Crippen LogP contribution is 2.33. The van der Waals surface area contributed by atoms with Crippen molar-refractivity contribution < 1.29 is 37.3 Å². The highest BCUT2D eigenvalue weighted by atomic mass is 19.4. The summed E-state index contributed by atoms with van der Waals surface area (Å²) in [6.45, 7) is -0.461. The number of amides is 1. The number of nitrogens with one attached hydrogen (secondary N) is 1. The molecule has 27 heavy (non-hydrogen) atoms. The Kier molecular flexibility index (Phi) is 5.33. The lowest BCUT2D eigenvalue weighted by Crippen LogP contribution is -2.37. The lowest BCUT2D eigenvalue weighted by atomic mass is 10.2. The minimum Gasteiger partial charge on any atom is -0.480 e. The molecule has 1 aliphatic heterocycles. The number of fused-ring (bicyclic) bond motifs is 3. The molecule has 1 aromatic carbocycles. The maximum atomic E-state index is 12.9. The number of nitrogens with zero attached hydrogens (tertiary/aromatic N) is 2. The summed E-state index contributed by atoms with van der Waals surface area (Å²) in [6, 6.07) is 2.96. The second-order valence-corrected chi connectivity index (χ2v) is 5.96. The fourth-order valence-electron chi connectivity index (χ4n) is 2.86. The van der Waals surface area contributed by atoms with Crippen LogP contribution in [0.4, 0.5) is 13.2 Å². The van der Waals surface area contributed by atoms with Crippen LogP contribution in [0.5, 0.6) is 0 Å². The Morgan fingerprint density at radius 3 is 2.85 bits per heavy atom. The molecule has 1 atom stereocenters. The third-order valence-electron chi connectivity index (χ3n) is 3.99. The van der Waals surface area contributed by atoms with Gasteiger partial charge in [-0.15, -0.1) is 0 Å². The number of aliphatic carboxylic acids is 1. The molecule has 0 radical (unpaired) electrons. The predicted octanol–water partition coefficient (Wildman–Crippen LogP) is 1.34. The topological polar surface area (TPSA) is 103 Å². The van der Waals surface area contributed by atoms with Crippen LogP contribution in [0.15, 0.2) is 18.2 Å². The van der Waals surface area contributed by atoms with Crippen molar-refractivity contribution in [3.8, 4) is 0 Å². The van der Waals surface area contributed by atoms with Gasteiger partial charge in [0.1, 0.15) is 25.6 Å². The second-order valence-electron chi connectivity index (χ2n) is 5.96. The summed E-state index contributed by atoms with van der Waals surface area (Å²) >= 11 is 0. The zero-order valence-corrected chi connectivity index (χ0v) is 14.0. The van der Waals surface area contributed by atoms with Crippen LogP contribution in [0.2, 0.25) is 0 Å². The Hall–Kier alpha value is -2.66. The van der Waals surface area contributed by atoms with Crippen molar-refractivity contribution >= 4 is 22.9 Å². The van der Waals surface area contributed by atoms with Gasteiger partial charge in [-0.25, -0.2) is 9.78 Å². The number of ether oxygens (including phenoxy) is 2. The summed E-state index contributed by atoms with van der Waals surface area (Å²) in [6.07, 6.45) is -4.46. The number of hydrogen-bond donors (Lipinski definition) is 2. The summed E-state index contributed by atoms with van der Waals surface area (Å²) in [5.41, 5.74) is -0.0686. The number of hydrogen-bond acceptors (Lipinski definition) is 5. The molecule has 0 aliphatic carbocycles. The minimum atomic E-state index is -4.46. The molecule has 3 rings (SSSR count). The van der Waals surface area contributed by atoms with Crippen LogP contribution in [0, 0.1) is 0 Å². The van der Waals surface area contributed by atoms with Crippen molar-refractivity contribution in [1.82, 2.24) is 14.9 Å². The van der Waals surface area contributed by atoms with Crippen molar-refractivity contribution in [2.75, 3.05) is 26.4 Å². The number of imidazole rings is 1. The maximum absolute atomic E-state index is 12.9. The highest BCUT2D eigenvalue weighted by molar-refractivity contribution is 5.78. The van der Waals surface area contributed by atoms with Crippen LogP contribution in [0.3, 0.4) is 0 Å². The van der Waals surface area contributed by atoms with E-state index in [1.807, 2.05) is 0 Å². The molecule has 1 amide bonds. The van der Waals surface area contributed by atoms with E-state index in [1.165, 1.54) is 6.07 Å². The van der Waals surface area contributed by atoms with Gasteiger partial charge in [-0.1, -0.05) is 0 Å². The average molecular weight is 387 g/mol. The molecule has 2 heterocycles. The van der Waals surface area contributed by atoms with Crippen LogP contribution in [-0.4, -0.2) is 52.9 Å². The van der Waals surface area contributed by atoms with E-state index in [0.717, 1.165) is 12.1 Å². The van der Waals surface area contributed by atoms with Gasteiger partial charge in [-0.05, 0) is 18.2 Å². The Balaban J connectivity index is 1.73. The molecular formula is C16H16F3N3O5. The second kappa shape index (κ2) is 7.53. The number of aromatic nitrogens is 2. The normalized spacial score (nSPS) is 16.9. The Morgan fingerprint density at radius 1 is 1.37 bits per heavy atom. The average Bonchev–Trinajstić information content (AvgIpc) is 2.97. The molecule has 0 spiro atoms. The van der Waals surface area contributed by atoms with Gasteiger partial charge >= 0.3 is 12.1 Å². The van der Waals surface area contributed by atoms with E-state index < -0.39 is 36.8 Å². The molecule has 1 aromatic heterocycles. The van der Waals surface area contributed by atoms with E-state index >= 15 is 0 Å². The molecule has 2 aromatic rings. The van der Waals surface area contributed by atoms with E-state index in [9.17, 15) is 22.8 Å². The van der Waals surface area contributed by atoms with Gasteiger partial charge in [-0.2, -0.15) is 13.2 Å². The van der Waals surface area contributed by atoms with Crippen molar-refractivity contribution in [2.45, 2.75) is 18.8 Å². The molecule has 11 heteroatoms. The molecular weight excluding hydrogens is 371 g/mol. The summed E-state index contributed by atoms with van der Waals surface area (Å²) < 4.78 is 50.5. The number of rotatable bonds is 6. The van der Waals surface area contributed by atoms with Gasteiger partial charge in [0.2, 0.25) is 5.91 Å². The number of carbonyl (C=O) groups excluding carboxylic acids is 1. The first-order valence-corrected chi connectivity index (χ1v) is 7.97. The van der Waals surface area contributed by atoms with Crippen LogP contribution < -0.4 is 5.32 Å². The van der Waals surface area contributed by atoms with Crippen LogP contribution in [0.1, 0.15) is 17.4 Å². The first-order chi connectivity index (χ1) is 12.8. The van der Waals surface area contributed by atoms with Gasteiger partial charge < -0.3 is 24.5 Å². The maximum Gasteiger partial charge on any atom is 0.416 e. The third kappa shape index (κ3) is 4.37. The lowest BCUT2D eigenvalue weighted by Gasteiger charge is -2.26. The molecule has 0 saturated heterocycles. The smallest absolute Gasteiger partial charge is 0.416 e. The quantitative estimate of drug-likeness (QED) is 0.776. The summed E-state index contributed by atoms with van der Waals surface area (Å²) in [5.74, 6) is -1.22. The monoisotopic (exact) mass is 387 g/mol. The summed E-state index contributed by atoms with van der Waals surface area (Å²) in [4.78, 5) is 26.3. The minimum absolute atomic E-state index is 0.134. The number of carbonyl (C=O) groups is 2. The van der Waals surface area contributed by atoms with Crippen molar-refractivity contribution in [3.05, 3.63) is 29.6 Å². The molecule has 1 unspecified atom stereocenters. The first kappa shape index (κ1) is 19.1. The van der Waals surface area contributed by atoms with Gasteiger partial charge in [0.05, 0.1) is 29.2 Å². The predicted molar refractivity (Wildman–Crippen MR) is 84.9 cm³/mol. The Labute approximate surface area is 150 Å². The van der Waals surface area contributed by atoms with E-state index in [1.54, 1.807) is 4.57 Å². The van der Waals surface area contributed by atoms with Crippen molar-refractivity contribution in [2.24, 2.45) is 0 Å². The van der Waals surface area contributed by atoms with E-state index in [0.29, 0.717) is 11.3 Å². The number of benzene rings is 1. The third-order valence-corrected chi connectivity index (χ3v) is 3.99. The zero-order valence-electron chi connectivity index (χ0n) is 14.0. The summed E-state index contributed by atoms with van der Waals surface area (Å²) in [5, 5.41) is 11.1. The number of carboxylic acid groups (broad SMARTS) is 1. The first-order valence-electron chi connectivity index (χ1n) is 7.97. The van der Waals surface area contributed by atoms with Crippen molar-refractivity contribution in [3.63, 3.8) is 0 Å². The fraction of sp³-hybridized carbons (Fsp3) is 0.438. The zero-order chi connectivity index (χ0) is 19.6.